The van der Waals surface area contributed by atoms with Gasteiger partial charge in [0, 0.05) is 44.0 Å². The summed E-state index contributed by atoms with van der Waals surface area (Å²) < 4.78 is 0. The second-order valence-corrected chi connectivity index (χ2v) is 5.34. The minimum absolute atomic E-state index is 0.118. The molecule has 5 nitrogen and oxygen atoms in total. The highest BCUT2D eigenvalue weighted by molar-refractivity contribution is 5.98. The van der Waals surface area contributed by atoms with E-state index >= 15 is 0 Å². The summed E-state index contributed by atoms with van der Waals surface area (Å²) in [5, 5.41) is 8.91. The highest BCUT2D eigenvalue weighted by Gasteiger charge is 2.19. The molecule has 1 saturated heterocycles. The fraction of sp³-hybridized carbons (Fsp3) is 0.533. The molecule has 0 aliphatic carbocycles. The number of piperazine rings is 1. The number of ketones is 1. The van der Waals surface area contributed by atoms with Crippen molar-refractivity contribution in [3.8, 4) is 0 Å². The highest BCUT2D eigenvalue weighted by Crippen LogP contribution is 2.14. The normalized spacial score (nSPS) is 17.3. The van der Waals surface area contributed by atoms with Gasteiger partial charge in [-0.1, -0.05) is 12.1 Å². The molecule has 3 N–H and O–H groups in total. The van der Waals surface area contributed by atoms with E-state index < -0.39 is 0 Å². The zero-order valence-corrected chi connectivity index (χ0v) is 12.0. The molecule has 0 amide bonds. The minimum Gasteiger partial charge on any atom is -0.398 e. The van der Waals surface area contributed by atoms with Gasteiger partial charge in [-0.2, -0.15) is 0 Å². The van der Waals surface area contributed by atoms with Crippen molar-refractivity contribution in [2.24, 2.45) is 0 Å². The molecule has 1 heterocycles. The van der Waals surface area contributed by atoms with Crippen molar-refractivity contribution in [3.63, 3.8) is 0 Å². The Bertz CT molecular complexity index is 468. The van der Waals surface area contributed by atoms with Gasteiger partial charge in [-0.3, -0.25) is 14.6 Å². The van der Waals surface area contributed by atoms with Gasteiger partial charge in [-0.25, -0.2) is 0 Å². The summed E-state index contributed by atoms with van der Waals surface area (Å²) in [6, 6.07) is 5.50. The lowest BCUT2D eigenvalue weighted by Crippen LogP contribution is -2.48. The number of carbonyl (C=O) groups excluding carboxylic acids is 1. The molecule has 1 fully saturated rings. The number of anilines is 1. The van der Waals surface area contributed by atoms with Crippen molar-refractivity contribution in [2.75, 3.05) is 51.6 Å². The Hall–Kier alpha value is -1.43. The van der Waals surface area contributed by atoms with E-state index in [-0.39, 0.29) is 12.4 Å². The van der Waals surface area contributed by atoms with Crippen LogP contribution in [0.25, 0.3) is 0 Å². The van der Waals surface area contributed by atoms with Crippen LogP contribution in [-0.2, 0) is 0 Å². The third-order valence-corrected chi connectivity index (χ3v) is 3.85. The summed E-state index contributed by atoms with van der Waals surface area (Å²) in [4.78, 5) is 16.6. The van der Waals surface area contributed by atoms with E-state index in [0.717, 1.165) is 38.3 Å². The number of β-amino-alcohol motifs (C(OH)–C–C–N with tert-alkyl or cyclic N) is 1. The van der Waals surface area contributed by atoms with Gasteiger partial charge in [-0.15, -0.1) is 0 Å². The summed E-state index contributed by atoms with van der Waals surface area (Å²) in [6.45, 7) is 6.84. The molecule has 0 unspecified atom stereocenters. The number of hydrogen-bond acceptors (Lipinski definition) is 5. The largest absolute Gasteiger partial charge is 0.398 e. The van der Waals surface area contributed by atoms with E-state index in [4.69, 9.17) is 10.8 Å². The van der Waals surface area contributed by atoms with Gasteiger partial charge in [0.25, 0.3) is 0 Å². The molecule has 5 heteroatoms. The Morgan fingerprint density at radius 3 is 2.50 bits per heavy atom. The number of nitrogen functional groups attached to an aromatic ring is 1. The van der Waals surface area contributed by atoms with Crippen LogP contribution in [0, 0.1) is 6.92 Å². The summed E-state index contributed by atoms with van der Waals surface area (Å²) in [7, 11) is 0. The van der Waals surface area contributed by atoms with Crippen LogP contribution in [-0.4, -0.2) is 66.6 Å². The van der Waals surface area contributed by atoms with Crippen molar-refractivity contribution in [3.05, 3.63) is 29.3 Å². The first-order valence-corrected chi connectivity index (χ1v) is 7.05. The Morgan fingerprint density at radius 1 is 1.25 bits per heavy atom. The molecule has 1 aromatic carbocycles. The number of nitrogens with zero attached hydrogens (tertiary/aromatic N) is 2. The van der Waals surface area contributed by atoms with Gasteiger partial charge in [0.2, 0.25) is 0 Å². The first kappa shape index (κ1) is 15.0. The zero-order valence-electron chi connectivity index (χ0n) is 12.0. The second kappa shape index (κ2) is 6.83. The molecule has 0 aromatic heterocycles. The van der Waals surface area contributed by atoms with E-state index in [2.05, 4.69) is 9.80 Å². The highest BCUT2D eigenvalue weighted by atomic mass is 16.3. The molecule has 0 saturated carbocycles. The average Bonchev–Trinajstić information content (AvgIpc) is 2.44. The van der Waals surface area contributed by atoms with Crippen LogP contribution in [0.2, 0.25) is 0 Å². The lowest BCUT2D eigenvalue weighted by molar-refractivity contribution is 0.0823. The molecule has 0 radical (unpaired) electrons. The lowest BCUT2D eigenvalue weighted by Gasteiger charge is -2.33. The number of benzene rings is 1. The van der Waals surface area contributed by atoms with Gasteiger partial charge >= 0.3 is 0 Å². The number of nitrogens with two attached hydrogens (primary N) is 1. The van der Waals surface area contributed by atoms with Gasteiger partial charge in [0.1, 0.15) is 0 Å². The average molecular weight is 277 g/mol. The quantitative estimate of drug-likeness (QED) is 0.601. The smallest absolute Gasteiger partial charge is 0.176 e. The van der Waals surface area contributed by atoms with Crippen molar-refractivity contribution in [1.82, 2.24) is 9.80 Å². The Kier molecular flexibility index (Phi) is 5.11. The Morgan fingerprint density at radius 2 is 1.90 bits per heavy atom. The minimum atomic E-state index is 0.118. The number of Topliss-reactive ketones (excluding diaryl/α,β-unsaturated/α-hetero) is 1. The Balaban J connectivity index is 1.87. The van der Waals surface area contributed by atoms with E-state index in [1.165, 1.54) is 0 Å². The monoisotopic (exact) mass is 277 g/mol. The zero-order chi connectivity index (χ0) is 14.5. The maximum Gasteiger partial charge on any atom is 0.176 e. The molecular formula is C15H23N3O2. The van der Waals surface area contributed by atoms with Crippen LogP contribution < -0.4 is 5.73 Å². The fourth-order valence-corrected chi connectivity index (χ4v) is 2.42. The first-order chi connectivity index (χ1) is 9.60. The van der Waals surface area contributed by atoms with E-state index in [1.54, 1.807) is 6.07 Å². The molecule has 0 atom stereocenters. The van der Waals surface area contributed by atoms with Crippen LogP contribution in [0.4, 0.5) is 5.69 Å². The third-order valence-electron chi connectivity index (χ3n) is 3.85. The maximum atomic E-state index is 12.2. The predicted molar refractivity (Wildman–Crippen MR) is 79.9 cm³/mol. The number of aliphatic hydroxyl groups excluding tert-OH is 1. The number of aryl methyl sites for hydroxylation is 1. The first-order valence-electron chi connectivity index (χ1n) is 7.05. The van der Waals surface area contributed by atoms with Crippen molar-refractivity contribution in [1.29, 1.82) is 0 Å². The van der Waals surface area contributed by atoms with Crippen molar-refractivity contribution < 1.29 is 9.90 Å². The number of rotatable bonds is 5. The maximum absolute atomic E-state index is 12.2. The van der Waals surface area contributed by atoms with E-state index in [1.807, 2.05) is 19.1 Å². The molecule has 0 bridgehead atoms. The summed E-state index contributed by atoms with van der Waals surface area (Å²) in [5.74, 6) is 0.118. The lowest BCUT2D eigenvalue weighted by atomic mass is 10.1. The van der Waals surface area contributed by atoms with Gasteiger partial charge in [0.05, 0.1) is 13.2 Å². The molecule has 1 aliphatic rings. The van der Waals surface area contributed by atoms with Crippen LogP contribution in [0.5, 0.6) is 0 Å². The SMILES string of the molecule is Cc1ccc(C(=O)CN2CCN(CCO)CC2)cc1N. The van der Waals surface area contributed by atoms with Crippen molar-refractivity contribution in [2.45, 2.75) is 6.92 Å². The molecule has 1 aromatic rings. The van der Waals surface area contributed by atoms with Crippen LogP contribution >= 0.6 is 0 Å². The standard InChI is InChI=1S/C15H23N3O2/c1-12-2-3-13(10-14(12)16)15(20)11-18-6-4-17(5-7-18)8-9-19/h2-3,10,19H,4-9,11,16H2,1H3. The molecular weight excluding hydrogens is 254 g/mol. The third kappa shape index (κ3) is 3.79. The second-order valence-electron chi connectivity index (χ2n) is 5.34. The fourth-order valence-electron chi connectivity index (χ4n) is 2.42. The number of hydrogen-bond donors (Lipinski definition) is 2. The van der Waals surface area contributed by atoms with Gasteiger partial charge < -0.3 is 10.8 Å². The van der Waals surface area contributed by atoms with E-state index in [9.17, 15) is 4.79 Å². The molecule has 20 heavy (non-hydrogen) atoms. The van der Waals surface area contributed by atoms with Gasteiger partial charge in [-0.05, 0) is 18.6 Å². The molecule has 0 spiro atoms. The Labute approximate surface area is 120 Å². The molecule has 110 valence electrons. The van der Waals surface area contributed by atoms with Crippen molar-refractivity contribution >= 4 is 11.5 Å². The number of carbonyl (C=O) groups is 1. The van der Waals surface area contributed by atoms with Gasteiger partial charge in [0.15, 0.2) is 5.78 Å². The predicted octanol–water partition coefficient (Wildman–Crippen LogP) is 0.370. The summed E-state index contributed by atoms with van der Waals surface area (Å²) >= 11 is 0. The number of aliphatic hydroxyl groups is 1. The van der Waals surface area contributed by atoms with E-state index in [0.29, 0.717) is 17.8 Å². The van der Waals surface area contributed by atoms with Crippen LogP contribution in [0.1, 0.15) is 15.9 Å². The molecule has 2 rings (SSSR count). The summed E-state index contributed by atoms with van der Waals surface area (Å²) in [6.07, 6.45) is 0. The van der Waals surface area contributed by atoms with Crippen LogP contribution in [0.15, 0.2) is 18.2 Å². The van der Waals surface area contributed by atoms with Crippen LogP contribution in [0.3, 0.4) is 0 Å². The topological polar surface area (TPSA) is 69.8 Å². The molecule has 1 aliphatic heterocycles. The summed E-state index contributed by atoms with van der Waals surface area (Å²) in [5.41, 5.74) is 8.20.